The number of Topliss-reactive ketones (excluding diaryl/α,β-unsaturated/α-hetero) is 1. The summed E-state index contributed by atoms with van der Waals surface area (Å²) >= 11 is 5.63. The molecule has 1 aromatic heterocycles. The highest BCUT2D eigenvalue weighted by molar-refractivity contribution is 7.80. The molecular weight excluding hydrogens is 480 g/mol. The molecule has 190 valence electrons. The van der Waals surface area contributed by atoms with Gasteiger partial charge in [0.2, 0.25) is 5.11 Å². The maximum atomic E-state index is 13.0. The quantitative estimate of drug-likeness (QED) is 0.626. The van der Waals surface area contributed by atoms with Crippen molar-refractivity contribution in [2.24, 2.45) is 5.92 Å². The van der Waals surface area contributed by atoms with E-state index in [-0.39, 0.29) is 42.3 Å². The van der Waals surface area contributed by atoms with E-state index in [0.717, 1.165) is 5.56 Å². The maximum Gasteiger partial charge on any atom is 0.410 e. The summed E-state index contributed by atoms with van der Waals surface area (Å²) in [6.07, 6.45) is 1.44. The van der Waals surface area contributed by atoms with Gasteiger partial charge in [0, 0.05) is 30.6 Å². The summed E-state index contributed by atoms with van der Waals surface area (Å²) in [6.45, 7) is 7.78. The minimum Gasteiger partial charge on any atom is -0.444 e. The predicted molar refractivity (Wildman–Crippen MR) is 136 cm³/mol. The van der Waals surface area contributed by atoms with E-state index in [9.17, 15) is 14.4 Å². The number of amides is 2. The Labute approximate surface area is 215 Å². The summed E-state index contributed by atoms with van der Waals surface area (Å²) in [5.41, 5.74) is 0.225. The molecule has 0 saturated carbocycles. The Morgan fingerprint density at radius 2 is 1.94 bits per heavy atom. The number of ether oxygens (including phenoxy) is 1. The van der Waals surface area contributed by atoms with Crippen LogP contribution in [0.15, 0.2) is 48.7 Å². The summed E-state index contributed by atoms with van der Waals surface area (Å²) in [7, 11) is 0. The smallest absolute Gasteiger partial charge is 0.410 e. The van der Waals surface area contributed by atoms with E-state index >= 15 is 0 Å². The zero-order valence-corrected chi connectivity index (χ0v) is 21.6. The minimum atomic E-state index is -0.968. The first kappa shape index (κ1) is 25.7. The van der Waals surface area contributed by atoms with E-state index in [4.69, 9.17) is 21.8 Å². The zero-order valence-electron chi connectivity index (χ0n) is 20.8. The first-order valence-corrected chi connectivity index (χ1v) is 12.2. The number of thiocarbonyl (C=S) groups is 1. The lowest BCUT2D eigenvalue weighted by Gasteiger charge is -2.37. The summed E-state index contributed by atoms with van der Waals surface area (Å²) < 4.78 is 5.62. The molecule has 1 aromatic carbocycles. The van der Waals surface area contributed by atoms with E-state index in [0.29, 0.717) is 17.8 Å². The fraction of sp³-hybridized carbons (Fsp3) is 0.423. The Hall–Kier alpha value is -3.37. The molecule has 2 aliphatic heterocycles. The number of hydroxylamine groups is 2. The number of nitrogens with zero attached hydrogens (tertiary/aromatic N) is 3. The number of hydrogen-bond donors (Lipinski definition) is 1. The second kappa shape index (κ2) is 9.94. The molecule has 0 radical (unpaired) electrons. The van der Waals surface area contributed by atoms with Crippen molar-refractivity contribution < 1.29 is 24.0 Å². The van der Waals surface area contributed by atoms with Crippen LogP contribution < -0.4 is 5.32 Å². The largest absolute Gasteiger partial charge is 0.444 e. The Morgan fingerprint density at radius 3 is 2.61 bits per heavy atom. The Bertz CT molecular complexity index is 1180. The van der Waals surface area contributed by atoms with E-state index in [1.165, 1.54) is 12.0 Å². The van der Waals surface area contributed by atoms with E-state index in [2.05, 4.69) is 10.3 Å². The molecule has 1 N–H and O–H groups in total. The summed E-state index contributed by atoms with van der Waals surface area (Å²) in [5.74, 6) is -0.548. The van der Waals surface area contributed by atoms with Crippen molar-refractivity contribution in [1.29, 1.82) is 0 Å². The summed E-state index contributed by atoms with van der Waals surface area (Å²) in [6, 6.07) is 12.4. The third kappa shape index (κ3) is 5.24. The lowest BCUT2D eigenvalue weighted by Crippen LogP contribution is -2.54. The van der Waals surface area contributed by atoms with Crippen molar-refractivity contribution in [3.63, 3.8) is 0 Å². The van der Waals surface area contributed by atoms with E-state index in [1.807, 2.05) is 32.9 Å². The number of carbonyl (C=O) groups is 3. The van der Waals surface area contributed by atoms with Gasteiger partial charge in [-0.05, 0) is 69.7 Å². The van der Waals surface area contributed by atoms with Gasteiger partial charge in [0.25, 0.3) is 5.91 Å². The zero-order chi connectivity index (χ0) is 26.1. The van der Waals surface area contributed by atoms with Crippen LogP contribution in [0.2, 0.25) is 0 Å². The first-order chi connectivity index (χ1) is 17.0. The van der Waals surface area contributed by atoms with Gasteiger partial charge in [-0.15, -0.1) is 0 Å². The molecule has 2 aromatic rings. The molecular formula is C26H30N4O5S. The average Bonchev–Trinajstić information content (AvgIpc) is 3.35. The molecule has 0 bridgehead atoms. The number of fused-ring (bicyclic) bond motifs is 1. The highest BCUT2D eigenvalue weighted by atomic mass is 32.1. The standard InChI is InChI=1S/C26H30N4O5S/c1-17(31)12-18-10-11-27-21(13-18)26-16-29(24(33)35-25(2,3)4)14-20(26)15-34-30(26)23(36)28-22(32)19-8-6-5-7-9-19/h5-11,13,20H,12,14-16H2,1-4H3,(H,28,32,36). The van der Waals surface area contributed by atoms with Crippen LogP contribution in [0.25, 0.3) is 0 Å². The van der Waals surface area contributed by atoms with Crippen molar-refractivity contribution in [3.8, 4) is 0 Å². The molecule has 2 fully saturated rings. The van der Waals surface area contributed by atoms with Gasteiger partial charge < -0.3 is 9.64 Å². The van der Waals surface area contributed by atoms with Gasteiger partial charge in [-0.25, -0.2) is 9.86 Å². The van der Waals surface area contributed by atoms with Gasteiger partial charge in [-0.1, -0.05) is 18.2 Å². The van der Waals surface area contributed by atoms with Crippen LogP contribution in [0.5, 0.6) is 0 Å². The van der Waals surface area contributed by atoms with Gasteiger partial charge in [0.15, 0.2) is 0 Å². The molecule has 2 aliphatic rings. The van der Waals surface area contributed by atoms with Gasteiger partial charge in [-0.3, -0.25) is 24.7 Å². The Balaban J connectivity index is 1.68. The van der Waals surface area contributed by atoms with Crippen LogP contribution in [-0.4, -0.2) is 63.1 Å². The molecule has 9 nitrogen and oxygen atoms in total. The minimum absolute atomic E-state index is 0.0215. The number of benzene rings is 1. The third-order valence-corrected chi connectivity index (χ3v) is 6.40. The maximum absolute atomic E-state index is 13.0. The molecule has 2 amide bonds. The number of pyridine rings is 1. The average molecular weight is 511 g/mol. The van der Waals surface area contributed by atoms with Crippen LogP contribution in [-0.2, 0) is 26.3 Å². The highest BCUT2D eigenvalue weighted by Crippen LogP contribution is 2.47. The van der Waals surface area contributed by atoms with Crippen LogP contribution in [0.3, 0.4) is 0 Å². The number of aromatic nitrogens is 1. The lowest BCUT2D eigenvalue weighted by atomic mass is 9.84. The molecule has 4 rings (SSSR count). The molecule has 3 heterocycles. The van der Waals surface area contributed by atoms with E-state index < -0.39 is 17.2 Å². The molecule has 2 unspecified atom stereocenters. The highest BCUT2D eigenvalue weighted by Gasteiger charge is 2.60. The van der Waals surface area contributed by atoms with Gasteiger partial charge >= 0.3 is 6.09 Å². The third-order valence-electron chi connectivity index (χ3n) is 6.13. The summed E-state index contributed by atoms with van der Waals surface area (Å²) in [4.78, 5) is 49.9. The second-order valence-electron chi connectivity index (χ2n) is 10.1. The van der Waals surface area contributed by atoms with Crippen LogP contribution in [0, 0.1) is 5.92 Å². The van der Waals surface area contributed by atoms with Crippen molar-refractivity contribution in [2.45, 2.75) is 45.3 Å². The van der Waals surface area contributed by atoms with Gasteiger partial charge in [-0.2, -0.15) is 0 Å². The van der Waals surface area contributed by atoms with Gasteiger partial charge in [0.05, 0.1) is 18.8 Å². The Kier molecular flexibility index (Phi) is 7.10. The van der Waals surface area contributed by atoms with Crippen LogP contribution in [0.1, 0.15) is 49.3 Å². The van der Waals surface area contributed by atoms with Crippen molar-refractivity contribution in [3.05, 3.63) is 65.5 Å². The van der Waals surface area contributed by atoms with Crippen LogP contribution in [0.4, 0.5) is 4.79 Å². The molecule has 2 saturated heterocycles. The van der Waals surface area contributed by atoms with Crippen molar-refractivity contribution in [2.75, 3.05) is 19.7 Å². The SMILES string of the molecule is CC(=O)Cc1ccnc(C23CN(C(=O)OC(C)(C)C)CC2CON3C(=S)NC(=O)c2ccccc2)c1. The number of rotatable bonds is 4. The van der Waals surface area contributed by atoms with E-state index in [1.54, 1.807) is 41.4 Å². The molecule has 36 heavy (non-hydrogen) atoms. The fourth-order valence-electron chi connectivity index (χ4n) is 4.62. The monoisotopic (exact) mass is 510 g/mol. The van der Waals surface area contributed by atoms with Gasteiger partial charge in [0.1, 0.15) is 16.9 Å². The number of ketones is 1. The van der Waals surface area contributed by atoms with Crippen LogP contribution >= 0.6 is 12.2 Å². The summed E-state index contributed by atoms with van der Waals surface area (Å²) in [5, 5.41) is 4.30. The molecule has 2 atom stereocenters. The number of carbonyl (C=O) groups excluding carboxylic acids is 3. The molecule has 10 heteroatoms. The predicted octanol–water partition coefficient (Wildman–Crippen LogP) is 3.24. The number of likely N-dealkylation sites (tertiary alicyclic amines) is 1. The number of hydrogen-bond acceptors (Lipinski definition) is 7. The molecule has 0 spiro atoms. The Morgan fingerprint density at radius 1 is 1.22 bits per heavy atom. The first-order valence-electron chi connectivity index (χ1n) is 11.8. The fourth-order valence-corrected chi connectivity index (χ4v) is 4.93. The van der Waals surface area contributed by atoms with Crippen molar-refractivity contribution >= 4 is 35.1 Å². The topological polar surface area (TPSA) is 101 Å². The second-order valence-corrected chi connectivity index (χ2v) is 10.5. The lowest BCUT2D eigenvalue weighted by molar-refractivity contribution is -0.116. The molecule has 0 aliphatic carbocycles. The number of nitrogens with one attached hydrogen (secondary N) is 1. The normalized spacial score (nSPS) is 21.2. The van der Waals surface area contributed by atoms with Crippen molar-refractivity contribution in [1.82, 2.24) is 20.3 Å².